The van der Waals surface area contributed by atoms with Crippen molar-refractivity contribution in [1.82, 2.24) is 4.98 Å². The Morgan fingerprint density at radius 1 is 1.56 bits per heavy atom. The van der Waals surface area contributed by atoms with E-state index in [1.54, 1.807) is 6.20 Å². The molecule has 0 spiro atoms. The van der Waals surface area contributed by atoms with E-state index in [1.165, 1.54) is 0 Å². The Bertz CT molecular complexity index is 372. The van der Waals surface area contributed by atoms with Crippen LogP contribution in [0.2, 0.25) is 0 Å². The number of nitrogens with zero attached hydrogens (tertiary/aromatic N) is 1. The molecule has 0 aliphatic carbocycles. The van der Waals surface area contributed by atoms with Crippen molar-refractivity contribution in [2.75, 3.05) is 6.61 Å². The van der Waals surface area contributed by atoms with Crippen LogP contribution in [0.15, 0.2) is 18.3 Å². The van der Waals surface area contributed by atoms with Crippen molar-refractivity contribution in [2.24, 2.45) is 5.92 Å². The van der Waals surface area contributed by atoms with Gasteiger partial charge >= 0.3 is 0 Å². The first-order chi connectivity index (χ1) is 7.72. The molecule has 1 aromatic rings. The predicted molar refractivity (Wildman–Crippen MR) is 61.4 cm³/mol. The molecule has 2 heterocycles. The summed E-state index contributed by atoms with van der Waals surface area (Å²) in [5.41, 5.74) is 1.64. The van der Waals surface area contributed by atoms with Crippen molar-refractivity contribution < 1.29 is 9.53 Å². The molecular formula is C13H17NO2. The molecule has 0 saturated carbocycles. The normalized spacial score (nSPS) is 24.6. The van der Waals surface area contributed by atoms with Gasteiger partial charge in [-0.1, -0.05) is 6.92 Å². The highest BCUT2D eigenvalue weighted by Crippen LogP contribution is 2.26. The smallest absolute Gasteiger partial charge is 0.170 e. The molecule has 3 heteroatoms. The van der Waals surface area contributed by atoms with Gasteiger partial charge in [-0.15, -0.1) is 0 Å². The number of rotatable bonds is 3. The molecule has 1 aliphatic heterocycles. The number of pyridine rings is 1. The van der Waals surface area contributed by atoms with Crippen molar-refractivity contribution >= 4 is 5.78 Å². The summed E-state index contributed by atoms with van der Waals surface area (Å²) in [7, 11) is 0. The number of aromatic nitrogens is 1. The number of carbonyl (C=O) groups is 1. The fourth-order valence-electron chi connectivity index (χ4n) is 2.18. The molecule has 2 atom stereocenters. The Balaban J connectivity index is 2.15. The third-order valence-electron chi connectivity index (χ3n) is 3.14. The highest BCUT2D eigenvalue weighted by atomic mass is 16.5. The van der Waals surface area contributed by atoms with Crippen molar-refractivity contribution in [1.29, 1.82) is 0 Å². The molecule has 3 nitrogen and oxygen atoms in total. The average Bonchev–Trinajstić information content (AvgIpc) is 2.77. The lowest BCUT2D eigenvalue weighted by molar-refractivity contribution is 0.0689. The monoisotopic (exact) mass is 219 g/mol. The Morgan fingerprint density at radius 2 is 2.38 bits per heavy atom. The van der Waals surface area contributed by atoms with Crippen LogP contribution in [0.3, 0.4) is 0 Å². The van der Waals surface area contributed by atoms with Gasteiger partial charge in [0.2, 0.25) is 0 Å². The molecule has 2 rings (SSSR count). The predicted octanol–water partition coefficient (Wildman–Crippen LogP) is 2.39. The van der Waals surface area contributed by atoms with Gasteiger partial charge in [-0.2, -0.15) is 0 Å². The quantitative estimate of drug-likeness (QED) is 0.733. The number of ketones is 1. The minimum atomic E-state index is 0.0227. The fourth-order valence-corrected chi connectivity index (χ4v) is 2.18. The van der Waals surface area contributed by atoms with Gasteiger partial charge in [0.1, 0.15) is 0 Å². The van der Waals surface area contributed by atoms with Crippen LogP contribution >= 0.6 is 0 Å². The summed E-state index contributed by atoms with van der Waals surface area (Å²) in [6.07, 6.45) is 3.50. The van der Waals surface area contributed by atoms with Gasteiger partial charge in [0.05, 0.1) is 12.0 Å². The summed E-state index contributed by atoms with van der Waals surface area (Å²) < 4.78 is 5.54. The number of Topliss-reactive ketones (excluding diaryl/α,β-unsaturated/α-hetero) is 1. The van der Waals surface area contributed by atoms with Gasteiger partial charge in [-0.25, -0.2) is 0 Å². The van der Waals surface area contributed by atoms with Crippen molar-refractivity contribution in [3.8, 4) is 0 Å². The second-order valence-electron chi connectivity index (χ2n) is 4.27. The maximum Gasteiger partial charge on any atom is 0.170 e. The summed E-state index contributed by atoms with van der Waals surface area (Å²) in [5.74, 6) is 0.200. The zero-order chi connectivity index (χ0) is 11.5. The van der Waals surface area contributed by atoms with Gasteiger partial charge < -0.3 is 4.74 Å². The van der Waals surface area contributed by atoms with E-state index in [4.69, 9.17) is 4.74 Å². The SMILES string of the molecule is CCC1OCCC1C(=O)c1ccc(C)nc1. The number of hydrogen-bond donors (Lipinski definition) is 0. The van der Waals surface area contributed by atoms with E-state index in [-0.39, 0.29) is 17.8 Å². The van der Waals surface area contributed by atoms with Gasteiger partial charge in [0, 0.05) is 24.1 Å². The molecule has 1 fully saturated rings. The number of aryl methyl sites for hydroxylation is 1. The minimum absolute atomic E-state index is 0.0227. The molecule has 0 radical (unpaired) electrons. The zero-order valence-electron chi connectivity index (χ0n) is 9.77. The number of ether oxygens (including phenoxy) is 1. The molecular weight excluding hydrogens is 202 g/mol. The molecule has 2 unspecified atom stereocenters. The second kappa shape index (κ2) is 4.74. The lowest BCUT2D eigenvalue weighted by Crippen LogP contribution is -2.23. The van der Waals surface area contributed by atoms with E-state index < -0.39 is 0 Å². The van der Waals surface area contributed by atoms with Gasteiger partial charge in [-0.3, -0.25) is 9.78 Å². The lowest BCUT2D eigenvalue weighted by Gasteiger charge is -2.15. The first-order valence-corrected chi connectivity index (χ1v) is 5.81. The maximum absolute atomic E-state index is 12.2. The van der Waals surface area contributed by atoms with Crippen molar-refractivity contribution in [2.45, 2.75) is 32.8 Å². The van der Waals surface area contributed by atoms with Crippen LogP contribution in [-0.4, -0.2) is 23.5 Å². The van der Waals surface area contributed by atoms with Gasteiger partial charge in [-0.05, 0) is 31.9 Å². The van der Waals surface area contributed by atoms with Crippen LogP contribution in [0.4, 0.5) is 0 Å². The standard InChI is InChI=1S/C13H17NO2/c1-3-12-11(6-7-16-12)13(15)10-5-4-9(2)14-8-10/h4-5,8,11-12H,3,6-7H2,1-2H3. The van der Waals surface area contributed by atoms with Crippen LogP contribution in [0, 0.1) is 12.8 Å². The Morgan fingerprint density at radius 3 is 3.00 bits per heavy atom. The summed E-state index contributed by atoms with van der Waals surface area (Å²) in [5, 5.41) is 0. The number of carbonyl (C=O) groups excluding carboxylic acids is 1. The van der Waals surface area contributed by atoms with E-state index in [2.05, 4.69) is 11.9 Å². The molecule has 1 aromatic heterocycles. The van der Waals surface area contributed by atoms with Crippen LogP contribution < -0.4 is 0 Å². The Labute approximate surface area is 95.8 Å². The minimum Gasteiger partial charge on any atom is -0.377 e. The molecule has 0 aromatic carbocycles. The molecule has 1 saturated heterocycles. The van der Waals surface area contributed by atoms with Gasteiger partial charge in [0.25, 0.3) is 0 Å². The summed E-state index contributed by atoms with van der Waals surface area (Å²) in [6.45, 7) is 4.68. The largest absolute Gasteiger partial charge is 0.377 e. The third-order valence-corrected chi connectivity index (χ3v) is 3.14. The van der Waals surface area contributed by atoms with E-state index >= 15 is 0 Å². The van der Waals surface area contributed by atoms with E-state index in [1.807, 2.05) is 19.1 Å². The van der Waals surface area contributed by atoms with E-state index in [9.17, 15) is 4.79 Å². The van der Waals surface area contributed by atoms with E-state index in [0.29, 0.717) is 12.2 Å². The van der Waals surface area contributed by atoms with Crippen LogP contribution in [0.5, 0.6) is 0 Å². The average molecular weight is 219 g/mol. The van der Waals surface area contributed by atoms with Crippen LogP contribution in [0.25, 0.3) is 0 Å². The molecule has 0 bridgehead atoms. The highest BCUT2D eigenvalue weighted by Gasteiger charge is 2.33. The topological polar surface area (TPSA) is 39.2 Å². The van der Waals surface area contributed by atoms with Gasteiger partial charge in [0.15, 0.2) is 5.78 Å². The molecule has 1 aliphatic rings. The van der Waals surface area contributed by atoms with Crippen LogP contribution in [-0.2, 0) is 4.74 Å². The molecule has 86 valence electrons. The zero-order valence-corrected chi connectivity index (χ0v) is 9.77. The Hall–Kier alpha value is -1.22. The van der Waals surface area contributed by atoms with E-state index in [0.717, 1.165) is 18.5 Å². The molecule has 0 N–H and O–H groups in total. The number of hydrogen-bond acceptors (Lipinski definition) is 3. The fraction of sp³-hybridized carbons (Fsp3) is 0.538. The summed E-state index contributed by atoms with van der Waals surface area (Å²) >= 11 is 0. The molecule has 0 amide bonds. The lowest BCUT2D eigenvalue weighted by atomic mass is 9.91. The van der Waals surface area contributed by atoms with Crippen molar-refractivity contribution in [3.63, 3.8) is 0 Å². The summed E-state index contributed by atoms with van der Waals surface area (Å²) in [6, 6.07) is 3.74. The summed E-state index contributed by atoms with van der Waals surface area (Å²) in [4.78, 5) is 16.4. The third kappa shape index (κ3) is 2.14. The van der Waals surface area contributed by atoms with Crippen molar-refractivity contribution in [3.05, 3.63) is 29.6 Å². The highest BCUT2D eigenvalue weighted by molar-refractivity contribution is 5.98. The maximum atomic E-state index is 12.2. The molecule has 16 heavy (non-hydrogen) atoms. The Kier molecular flexibility index (Phi) is 3.34. The second-order valence-corrected chi connectivity index (χ2v) is 4.27. The first-order valence-electron chi connectivity index (χ1n) is 5.81. The first kappa shape index (κ1) is 11.3. The van der Waals surface area contributed by atoms with Crippen LogP contribution in [0.1, 0.15) is 35.8 Å².